The average molecular weight is 289 g/mol. The van der Waals surface area contributed by atoms with E-state index in [-0.39, 0.29) is 11.9 Å². The quantitative estimate of drug-likeness (QED) is 0.875. The van der Waals surface area contributed by atoms with E-state index in [1.54, 1.807) is 26.4 Å². The molecule has 0 aliphatic rings. The van der Waals surface area contributed by atoms with Gasteiger partial charge < -0.3 is 14.8 Å². The van der Waals surface area contributed by atoms with E-state index < -0.39 is 0 Å². The topological polar surface area (TPSA) is 30.5 Å². The zero-order valence-corrected chi connectivity index (χ0v) is 12.5. The number of hydrogen-bond donors (Lipinski definition) is 1. The maximum Gasteiger partial charge on any atom is 0.142 e. The van der Waals surface area contributed by atoms with E-state index in [4.69, 9.17) is 9.47 Å². The minimum atomic E-state index is -0.214. The molecule has 0 aliphatic heterocycles. The Morgan fingerprint density at radius 2 is 1.76 bits per heavy atom. The molecule has 21 heavy (non-hydrogen) atoms. The third kappa shape index (κ3) is 4.12. The van der Waals surface area contributed by atoms with E-state index in [1.807, 2.05) is 18.2 Å². The van der Waals surface area contributed by atoms with E-state index in [9.17, 15) is 4.39 Å². The van der Waals surface area contributed by atoms with Crippen LogP contribution in [-0.4, -0.2) is 20.3 Å². The summed E-state index contributed by atoms with van der Waals surface area (Å²) >= 11 is 0. The number of rotatable bonds is 6. The van der Waals surface area contributed by atoms with Crippen LogP contribution in [0.5, 0.6) is 11.5 Å². The molecule has 112 valence electrons. The van der Waals surface area contributed by atoms with Gasteiger partial charge in [0.25, 0.3) is 0 Å². The van der Waals surface area contributed by atoms with Gasteiger partial charge in [-0.2, -0.15) is 0 Å². The lowest BCUT2D eigenvalue weighted by Gasteiger charge is -2.18. The van der Waals surface area contributed by atoms with Crippen molar-refractivity contribution in [2.75, 3.05) is 19.5 Å². The van der Waals surface area contributed by atoms with Gasteiger partial charge >= 0.3 is 0 Å². The molecule has 0 saturated carbocycles. The summed E-state index contributed by atoms with van der Waals surface area (Å²) in [6, 6.07) is 12.4. The minimum absolute atomic E-state index is 0.177. The zero-order valence-electron chi connectivity index (χ0n) is 12.5. The first kappa shape index (κ1) is 15.2. The number of nitrogens with one attached hydrogen (secondary N) is 1. The Balaban J connectivity index is 2.07. The first-order valence-electron chi connectivity index (χ1n) is 6.85. The Labute approximate surface area is 124 Å². The van der Waals surface area contributed by atoms with Crippen molar-refractivity contribution in [2.24, 2.45) is 0 Å². The highest BCUT2D eigenvalue weighted by Gasteiger charge is 2.09. The summed E-state index contributed by atoms with van der Waals surface area (Å²) in [5.74, 6) is 1.32. The highest BCUT2D eigenvalue weighted by molar-refractivity contribution is 5.60. The highest BCUT2D eigenvalue weighted by Crippen LogP contribution is 2.29. The molecular weight excluding hydrogens is 269 g/mol. The van der Waals surface area contributed by atoms with Crippen LogP contribution in [0, 0.1) is 5.82 Å². The molecular formula is C17H20FNO2. The van der Waals surface area contributed by atoms with E-state index in [1.165, 1.54) is 12.1 Å². The maximum atomic E-state index is 12.9. The molecule has 2 rings (SSSR count). The van der Waals surface area contributed by atoms with Crippen molar-refractivity contribution in [1.29, 1.82) is 0 Å². The predicted molar refractivity (Wildman–Crippen MR) is 82.7 cm³/mol. The monoisotopic (exact) mass is 289 g/mol. The van der Waals surface area contributed by atoms with Crippen LogP contribution in [0.3, 0.4) is 0 Å². The SMILES string of the molecule is COc1ccc(OC)c(NC(C)Cc2ccc(F)cc2)c1. The standard InChI is InChI=1S/C17H20FNO2/c1-12(10-13-4-6-14(18)7-5-13)19-16-11-15(20-2)8-9-17(16)21-3/h4-9,11-12,19H,10H2,1-3H3. The molecule has 2 aromatic rings. The lowest BCUT2D eigenvalue weighted by molar-refractivity contribution is 0.404. The number of hydrogen-bond acceptors (Lipinski definition) is 3. The van der Waals surface area contributed by atoms with Crippen LogP contribution in [0.25, 0.3) is 0 Å². The largest absolute Gasteiger partial charge is 0.497 e. The van der Waals surface area contributed by atoms with Crippen LogP contribution in [0.4, 0.5) is 10.1 Å². The third-order valence-electron chi connectivity index (χ3n) is 3.26. The molecule has 0 bridgehead atoms. The van der Waals surface area contributed by atoms with E-state index >= 15 is 0 Å². The summed E-state index contributed by atoms with van der Waals surface area (Å²) in [5.41, 5.74) is 1.96. The normalized spacial score (nSPS) is 11.8. The minimum Gasteiger partial charge on any atom is -0.497 e. The van der Waals surface area contributed by atoms with Gasteiger partial charge in [-0.25, -0.2) is 4.39 Å². The molecule has 0 aliphatic carbocycles. The van der Waals surface area contributed by atoms with E-state index in [0.29, 0.717) is 0 Å². The summed E-state index contributed by atoms with van der Waals surface area (Å²) in [6.07, 6.45) is 0.792. The van der Waals surface area contributed by atoms with Gasteiger partial charge in [0.05, 0.1) is 19.9 Å². The molecule has 0 spiro atoms. The summed E-state index contributed by atoms with van der Waals surface area (Å²) in [6.45, 7) is 2.07. The van der Waals surface area contributed by atoms with E-state index in [2.05, 4.69) is 12.2 Å². The fraction of sp³-hybridized carbons (Fsp3) is 0.294. The van der Waals surface area contributed by atoms with Crippen LogP contribution in [-0.2, 0) is 6.42 Å². The summed E-state index contributed by atoms with van der Waals surface area (Å²) in [4.78, 5) is 0. The molecule has 0 saturated heterocycles. The fourth-order valence-electron chi connectivity index (χ4n) is 2.22. The summed E-state index contributed by atoms with van der Waals surface area (Å²) in [5, 5.41) is 3.40. The van der Waals surface area contributed by atoms with Crippen molar-refractivity contribution < 1.29 is 13.9 Å². The lowest BCUT2D eigenvalue weighted by Crippen LogP contribution is -2.18. The van der Waals surface area contributed by atoms with Crippen molar-refractivity contribution in [3.8, 4) is 11.5 Å². The molecule has 0 radical (unpaired) electrons. The Kier molecular flexibility index (Phi) is 5.04. The number of methoxy groups -OCH3 is 2. The molecule has 1 atom stereocenters. The van der Waals surface area contributed by atoms with Gasteiger partial charge in [-0.05, 0) is 43.2 Å². The second kappa shape index (κ2) is 6.97. The van der Waals surface area contributed by atoms with Gasteiger partial charge in [0.1, 0.15) is 17.3 Å². The Hall–Kier alpha value is -2.23. The Morgan fingerprint density at radius 3 is 2.38 bits per heavy atom. The Bertz CT molecular complexity index is 584. The Morgan fingerprint density at radius 1 is 1.05 bits per heavy atom. The van der Waals surface area contributed by atoms with Crippen LogP contribution >= 0.6 is 0 Å². The molecule has 1 unspecified atom stereocenters. The number of halogens is 1. The van der Waals surface area contributed by atoms with Gasteiger partial charge in [-0.3, -0.25) is 0 Å². The highest BCUT2D eigenvalue weighted by atomic mass is 19.1. The predicted octanol–water partition coefficient (Wildman–Crippen LogP) is 3.89. The van der Waals surface area contributed by atoms with Crippen molar-refractivity contribution in [1.82, 2.24) is 0 Å². The van der Waals surface area contributed by atoms with Crippen LogP contribution in [0.2, 0.25) is 0 Å². The first-order valence-corrected chi connectivity index (χ1v) is 6.85. The van der Waals surface area contributed by atoms with Crippen molar-refractivity contribution in [2.45, 2.75) is 19.4 Å². The smallest absolute Gasteiger partial charge is 0.142 e. The summed E-state index contributed by atoms with van der Waals surface area (Å²) < 4.78 is 23.5. The first-order chi connectivity index (χ1) is 10.1. The van der Waals surface area contributed by atoms with Gasteiger partial charge in [-0.1, -0.05) is 12.1 Å². The molecule has 3 nitrogen and oxygen atoms in total. The molecule has 2 aromatic carbocycles. The van der Waals surface area contributed by atoms with Crippen molar-refractivity contribution in [3.05, 3.63) is 53.8 Å². The van der Waals surface area contributed by atoms with Gasteiger partial charge in [0.15, 0.2) is 0 Å². The molecule has 0 heterocycles. The maximum absolute atomic E-state index is 12.9. The van der Waals surface area contributed by atoms with Gasteiger partial charge in [-0.15, -0.1) is 0 Å². The lowest BCUT2D eigenvalue weighted by atomic mass is 10.1. The zero-order chi connectivity index (χ0) is 15.2. The second-order valence-electron chi connectivity index (χ2n) is 4.94. The third-order valence-corrected chi connectivity index (χ3v) is 3.26. The summed E-state index contributed by atoms with van der Waals surface area (Å²) in [7, 11) is 3.27. The van der Waals surface area contributed by atoms with E-state index in [0.717, 1.165) is 29.2 Å². The van der Waals surface area contributed by atoms with Gasteiger partial charge in [0, 0.05) is 12.1 Å². The van der Waals surface area contributed by atoms with Gasteiger partial charge in [0.2, 0.25) is 0 Å². The molecule has 4 heteroatoms. The number of anilines is 1. The fourth-order valence-corrected chi connectivity index (χ4v) is 2.22. The number of ether oxygens (including phenoxy) is 2. The molecule has 0 fully saturated rings. The van der Waals surface area contributed by atoms with Crippen LogP contribution < -0.4 is 14.8 Å². The van der Waals surface area contributed by atoms with Crippen LogP contribution in [0.1, 0.15) is 12.5 Å². The molecule has 0 amide bonds. The molecule has 0 aromatic heterocycles. The van der Waals surface area contributed by atoms with Crippen molar-refractivity contribution >= 4 is 5.69 Å². The van der Waals surface area contributed by atoms with Crippen molar-refractivity contribution in [3.63, 3.8) is 0 Å². The second-order valence-corrected chi connectivity index (χ2v) is 4.94. The number of benzene rings is 2. The molecule has 1 N–H and O–H groups in total. The average Bonchev–Trinajstić information content (AvgIpc) is 2.49. The van der Waals surface area contributed by atoms with Crippen LogP contribution in [0.15, 0.2) is 42.5 Å².